The highest BCUT2D eigenvalue weighted by Gasteiger charge is 2.23. The predicted octanol–water partition coefficient (Wildman–Crippen LogP) is 5.00. The number of ether oxygens (including phenoxy) is 1. The fraction of sp³-hybridized carbons (Fsp3) is 0.115. The molecule has 4 aromatic rings. The maximum absolute atomic E-state index is 14.3. The molecule has 4 rings (SSSR count). The first-order valence-electron chi connectivity index (χ1n) is 10.3. The normalized spacial score (nSPS) is 11.7. The summed E-state index contributed by atoms with van der Waals surface area (Å²) < 4.78 is 19.7. The lowest BCUT2D eigenvalue weighted by atomic mass is 10.0. The highest BCUT2D eigenvalue weighted by Crippen LogP contribution is 2.31. The number of rotatable bonds is 7. The molecule has 0 aliphatic rings. The minimum absolute atomic E-state index is 0.0608. The summed E-state index contributed by atoms with van der Waals surface area (Å²) in [5.41, 5.74) is 1.38. The number of carbonyl (C=O) groups is 2. The molecule has 3 aromatic carbocycles. The van der Waals surface area contributed by atoms with E-state index in [9.17, 15) is 19.1 Å². The summed E-state index contributed by atoms with van der Waals surface area (Å²) in [6.07, 6.45) is -0.472. The number of nitrogens with one attached hydrogen (secondary N) is 1. The van der Waals surface area contributed by atoms with Gasteiger partial charge in [-0.3, -0.25) is 9.59 Å². The van der Waals surface area contributed by atoms with E-state index < -0.39 is 30.2 Å². The number of aliphatic carboxylic acids is 1. The Morgan fingerprint density at radius 1 is 1.00 bits per heavy atom. The lowest BCUT2D eigenvalue weighted by Crippen LogP contribution is -2.31. The molecule has 0 radical (unpaired) electrons. The van der Waals surface area contributed by atoms with Crippen LogP contribution in [-0.4, -0.2) is 29.1 Å². The molecule has 1 heterocycles. The van der Waals surface area contributed by atoms with Gasteiger partial charge in [-0.15, -0.1) is 0 Å². The van der Waals surface area contributed by atoms with Crippen LogP contribution >= 0.6 is 0 Å². The van der Waals surface area contributed by atoms with E-state index in [1.807, 2.05) is 42.5 Å². The monoisotopic (exact) mass is 444 g/mol. The van der Waals surface area contributed by atoms with Gasteiger partial charge in [-0.05, 0) is 35.0 Å². The van der Waals surface area contributed by atoms with E-state index >= 15 is 0 Å². The summed E-state index contributed by atoms with van der Waals surface area (Å²) in [5, 5.41) is 13.9. The molecule has 166 valence electrons. The maximum Gasteiger partial charge on any atom is 0.305 e. The quantitative estimate of drug-likeness (QED) is 0.419. The largest absolute Gasteiger partial charge is 0.494 e. The highest BCUT2D eigenvalue weighted by molar-refractivity contribution is 5.94. The van der Waals surface area contributed by atoms with Crippen molar-refractivity contribution in [1.82, 2.24) is 10.3 Å². The Bertz CT molecular complexity index is 1340. The molecule has 0 aliphatic carbocycles. The Kier molecular flexibility index (Phi) is 6.31. The minimum Gasteiger partial charge on any atom is -0.494 e. The van der Waals surface area contributed by atoms with Gasteiger partial charge < -0.3 is 15.2 Å². The summed E-state index contributed by atoms with van der Waals surface area (Å²) in [5.74, 6) is -1.89. The van der Waals surface area contributed by atoms with E-state index in [0.29, 0.717) is 11.4 Å². The van der Waals surface area contributed by atoms with Gasteiger partial charge in [0, 0.05) is 11.1 Å². The average Bonchev–Trinajstić information content (AvgIpc) is 2.83. The fourth-order valence-electron chi connectivity index (χ4n) is 3.68. The Morgan fingerprint density at radius 3 is 2.45 bits per heavy atom. The van der Waals surface area contributed by atoms with E-state index in [1.54, 1.807) is 12.1 Å². The smallest absolute Gasteiger partial charge is 0.305 e. The van der Waals surface area contributed by atoms with Gasteiger partial charge in [0.05, 0.1) is 19.6 Å². The molecule has 0 saturated carbocycles. The Hall–Kier alpha value is -4.26. The second kappa shape index (κ2) is 9.48. The number of nitrogens with zero attached hydrogens (tertiary/aromatic N) is 1. The molecular weight excluding hydrogens is 423 g/mol. The van der Waals surface area contributed by atoms with Crippen LogP contribution in [-0.2, 0) is 4.79 Å². The van der Waals surface area contributed by atoms with Crippen LogP contribution in [0, 0.1) is 5.82 Å². The molecule has 1 aromatic heterocycles. The van der Waals surface area contributed by atoms with Crippen LogP contribution in [0.4, 0.5) is 4.39 Å². The first-order chi connectivity index (χ1) is 16.0. The SMILES string of the molecule is COc1ccc(C(=O)N[C@@H](CC(=O)O)c2ccccc2F)nc1-c1ccc2ccccc2c1. The molecule has 2 N–H and O–H groups in total. The van der Waals surface area contributed by atoms with Crippen LogP contribution in [0.15, 0.2) is 78.9 Å². The van der Waals surface area contributed by atoms with E-state index in [2.05, 4.69) is 10.3 Å². The fourth-order valence-corrected chi connectivity index (χ4v) is 3.68. The van der Waals surface area contributed by atoms with Crippen molar-refractivity contribution in [3.8, 4) is 17.0 Å². The maximum atomic E-state index is 14.3. The number of methoxy groups -OCH3 is 1. The molecule has 1 amide bonds. The third-order valence-electron chi connectivity index (χ3n) is 5.30. The van der Waals surface area contributed by atoms with E-state index in [0.717, 1.165) is 16.3 Å². The van der Waals surface area contributed by atoms with Crippen molar-refractivity contribution < 1.29 is 23.8 Å². The van der Waals surface area contributed by atoms with Crippen LogP contribution < -0.4 is 10.1 Å². The molecular formula is C26H21FN2O4. The number of amides is 1. The van der Waals surface area contributed by atoms with Gasteiger partial charge in [0.25, 0.3) is 5.91 Å². The van der Waals surface area contributed by atoms with Gasteiger partial charge in [-0.1, -0.05) is 54.6 Å². The summed E-state index contributed by atoms with van der Waals surface area (Å²) in [6, 6.07) is 21.5. The van der Waals surface area contributed by atoms with Crippen LogP contribution in [0.3, 0.4) is 0 Å². The molecule has 6 nitrogen and oxygen atoms in total. The Labute approximate surface area is 189 Å². The first kappa shape index (κ1) is 22.0. The average molecular weight is 444 g/mol. The van der Waals surface area contributed by atoms with Crippen molar-refractivity contribution in [2.45, 2.75) is 12.5 Å². The Morgan fingerprint density at radius 2 is 1.73 bits per heavy atom. The third kappa shape index (κ3) is 4.82. The van der Waals surface area contributed by atoms with Crippen molar-refractivity contribution in [1.29, 1.82) is 0 Å². The van der Waals surface area contributed by atoms with Crippen molar-refractivity contribution >= 4 is 22.6 Å². The van der Waals surface area contributed by atoms with E-state index in [4.69, 9.17) is 4.74 Å². The van der Waals surface area contributed by atoms with Gasteiger partial charge >= 0.3 is 5.97 Å². The number of pyridine rings is 1. The van der Waals surface area contributed by atoms with Gasteiger partial charge in [0.1, 0.15) is 23.0 Å². The zero-order chi connectivity index (χ0) is 23.4. The number of halogens is 1. The van der Waals surface area contributed by atoms with Crippen LogP contribution in [0.5, 0.6) is 5.75 Å². The number of carboxylic acid groups (broad SMARTS) is 1. The number of benzene rings is 3. The van der Waals surface area contributed by atoms with E-state index in [-0.39, 0.29) is 11.3 Å². The minimum atomic E-state index is -1.16. The molecule has 1 atom stereocenters. The number of aromatic nitrogens is 1. The molecule has 33 heavy (non-hydrogen) atoms. The molecule has 0 aliphatic heterocycles. The first-order valence-corrected chi connectivity index (χ1v) is 10.3. The lowest BCUT2D eigenvalue weighted by molar-refractivity contribution is -0.137. The van der Waals surface area contributed by atoms with E-state index in [1.165, 1.54) is 31.4 Å². The van der Waals surface area contributed by atoms with Crippen molar-refractivity contribution in [3.63, 3.8) is 0 Å². The summed E-state index contributed by atoms with van der Waals surface area (Å²) >= 11 is 0. The number of fused-ring (bicyclic) bond motifs is 1. The van der Waals surface area contributed by atoms with Gasteiger partial charge in [-0.25, -0.2) is 9.37 Å². The lowest BCUT2D eigenvalue weighted by Gasteiger charge is -2.18. The standard InChI is InChI=1S/C26H21FN2O4/c1-33-23-13-12-21(28-25(23)18-11-10-16-6-2-3-7-17(16)14-18)26(32)29-22(15-24(30)31)19-8-4-5-9-20(19)27/h2-14,22H,15H2,1H3,(H,29,32)(H,30,31)/t22-/m0/s1. The number of carboxylic acids is 1. The van der Waals surface area contributed by atoms with Gasteiger partial charge in [0.15, 0.2) is 0 Å². The predicted molar refractivity (Wildman–Crippen MR) is 123 cm³/mol. The number of hydrogen-bond donors (Lipinski definition) is 2. The van der Waals surface area contributed by atoms with Crippen molar-refractivity contribution in [2.75, 3.05) is 7.11 Å². The Balaban J connectivity index is 1.68. The van der Waals surface area contributed by atoms with Crippen molar-refractivity contribution in [3.05, 3.63) is 95.9 Å². The highest BCUT2D eigenvalue weighted by atomic mass is 19.1. The van der Waals surface area contributed by atoms with Gasteiger partial charge in [0.2, 0.25) is 0 Å². The van der Waals surface area contributed by atoms with Crippen LogP contribution in [0.25, 0.3) is 22.0 Å². The molecule has 0 spiro atoms. The number of carbonyl (C=O) groups excluding carboxylic acids is 1. The molecule has 0 unspecified atom stereocenters. The molecule has 0 fully saturated rings. The van der Waals surface area contributed by atoms with Crippen molar-refractivity contribution in [2.24, 2.45) is 0 Å². The molecule has 7 heteroatoms. The van der Waals surface area contributed by atoms with Crippen LogP contribution in [0.1, 0.15) is 28.5 Å². The van der Waals surface area contributed by atoms with Crippen LogP contribution in [0.2, 0.25) is 0 Å². The third-order valence-corrected chi connectivity index (χ3v) is 5.30. The van der Waals surface area contributed by atoms with Gasteiger partial charge in [-0.2, -0.15) is 0 Å². The molecule has 0 bridgehead atoms. The topological polar surface area (TPSA) is 88.5 Å². The zero-order valence-corrected chi connectivity index (χ0v) is 17.8. The summed E-state index contributed by atoms with van der Waals surface area (Å²) in [6.45, 7) is 0. The summed E-state index contributed by atoms with van der Waals surface area (Å²) in [7, 11) is 1.52. The second-order valence-corrected chi connectivity index (χ2v) is 7.45. The zero-order valence-electron chi connectivity index (χ0n) is 17.8. The summed E-state index contributed by atoms with van der Waals surface area (Å²) in [4.78, 5) is 28.8. The molecule has 0 saturated heterocycles. The second-order valence-electron chi connectivity index (χ2n) is 7.45. The number of hydrogen-bond acceptors (Lipinski definition) is 4.